The summed E-state index contributed by atoms with van der Waals surface area (Å²) in [5.41, 5.74) is 6.42. The van der Waals surface area contributed by atoms with Crippen LogP contribution >= 0.6 is 0 Å². The van der Waals surface area contributed by atoms with Crippen LogP contribution in [0.5, 0.6) is 0 Å². The van der Waals surface area contributed by atoms with E-state index in [1.807, 2.05) is 0 Å². The molecule has 3 heteroatoms. The summed E-state index contributed by atoms with van der Waals surface area (Å²) in [7, 11) is 0. The zero-order chi connectivity index (χ0) is 10.7. The molecular weight excluding hydrogens is 188 g/mol. The lowest BCUT2D eigenvalue weighted by Crippen LogP contribution is -2.62. The zero-order valence-electron chi connectivity index (χ0n) is 9.87. The van der Waals surface area contributed by atoms with Crippen LogP contribution in [-0.2, 0) is 4.74 Å². The van der Waals surface area contributed by atoms with E-state index in [1.165, 1.54) is 38.8 Å². The number of hydrogen-bond donors (Lipinski definition) is 1. The highest BCUT2D eigenvalue weighted by atomic mass is 16.5. The fourth-order valence-electron chi connectivity index (χ4n) is 2.98. The Morgan fingerprint density at radius 1 is 1.33 bits per heavy atom. The van der Waals surface area contributed by atoms with Crippen molar-refractivity contribution in [3.05, 3.63) is 0 Å². The molecular formula is C12H24N2O. The first-order chi connectivity index (χ1) is 7.29. The summed E-state index contributed by atoms with van der Waals surface area (Å²) in [4.78, 5) is 2.58. The molecule has 1 unspecified atom stereocenters. The third-order valence-electron chi connectivity index (χ3n) is 4.04. The molecule has 2 fully saturated rings. The Balaban J connectivity index is 1.80. The molecule has 15 heavy (non-hydrogen) atoms. The largest absolute Gasteiger partial charge is 0.381 e. The quantitative estimate of drug-likeness (QED) is 0.761. The van der Waals surface area contributed by atoms with Crippen molar-refractivity contribution in [2.45, 2.75) is 38.6 Å². The molecule has 2 aliphatic heterocycles. The van der Waals surface area contributed by atoms with Gasteiger partial charge in [-0.05, 0) is 19.3 Å². The Hall–Kier alpha value is -0.120. The highest BCUT2D eigenvalue weighted by molar-refractivity contribution is 4.98. The van der Waals surface area contributed by atoms with E-state index in [-0.39, 0.29) is 0 Å². The van der Waals surface area contributed by atoms with Crippen LogP contribution in [0.15, 0.2) is 0 Å². The van der Waals surface area contributed by atoms with Crippen molar-refractivity contribution < 1.29 is 4.74 Å². The Kier molecular flexibility index (Phi) is 3.65. The molecule has 0 amide bonds. The van der Waals surface area contributed by atoms with Gasteiger partial charge in [-0.2, -0.15) is 0 Å². The number of ether oxygens (including phenoxy) is 1. The fourth-order valence-corrected chi connectivity index (χ4v) is 2.98. The minimum atomic E-state index is 0.597. The number of nitrogens with two attached hydrogens (primary N) is 1. The highest BCUT2D eigenvalue weighted by Crippen LogP contribution is 2.40. The first kappa shape index (κ1) is 11.4. The Labute approximate surface area is 93.0 Å². The summed E-state index contributed by atoms with van der Waals surface area (Å²) in [6.07, 6.45) is 5.01. The molecule has 2 N–H and O–H groups in total. The lowest BCUT2D eigenvalue weighted by atomic mass is 9.72. The van der Waals surface area contributed by atoms with Crippen LogP contribution in [0.4, 0.5) is 0 Å². The van der Waals surface area contributed by atoms with E-state index in [9.17, 15) is 0 Å². The maximum atomic E-state index is 5.82. The summed E-state index contributed by atoms with van der Waals surface area (Å²) < 4.78 is 5.43. The van der Waals surface area contributed by atoms with E-state index in [1.54, 1.807) is 0 Å². The highest BCUT2D eigenvalue weighted by Gasteiger charge is 2.45. The molecule has 3 nitrogen and oxygen atoms in total. The standard InChI is InChI=1S/C12H24N2O/c1-2-3-11(8-13)14-9-12(10-14)4-6-15-7-5-12/h11H,2-10,13H2,1H3. The van der Waals surface area contributed by atoms with Crippen LogP contribution in [0.3, 0.4) is 0 Å². The van der Waals surface area contributed by atoms with Crippen LogP contribution in [0.25, 0.3) is 0 Å². The maximum Gasteiger partial charge on any atom is 0.0472 e. The van der Waals surface area contributed by atoms with Gasteiger partial charge >= 0.3 is 0 Å². The van der Waals surface area contributed by atoms with E-state index < -0.39 is 0 Å². The molecule has 0 radical (unpaired) electrons. The van der Waals surface area contributed by atoms with Crippen LogP contribution in [-0.4, -0.2) is 43.8 Å². The van der Waals surface area contributed by atoms with Gasteiger partial charge in [-0.15, -0.1) is 0 Å². The minimum Gasteiger partial charge on any atom is -0.381 e. The van der Waals surface area contributed by atoms with Crippen molar-refractivity contribution in [1.82, 2.24) is 4.90 Å². The first-order valence-corrected chi connectivity index (χ1v) is 6.31. The van der Waals surface area contributed by atoms with Crippen LogP contribution in [0.2, 0.25) is 0 Å². The van der Waals surface area contributed by atoms with Gasteiger partial charge in [0, 0.05) is 44.3 Å². The maximum absolute atomic E-state index is 5.82. The molecule has 2 heterocycles. The second-order valence-electron chi connectivity index (χ2n) is 5.20. The van der Waals surface area contributed by atoms with Gasteiger partial charge in [0.1, 0.15) is 0 Å². The molecule has 0 saturated carbocycles. The lowest BCUT2D eigenvalue weighted by molar-refractivity contribution is -0.0968. The van der Waals surface area contributed by atoms with Gasteiger partial charge in [0.15, 0.2) is 0 Å². The van der Waals surface area contributed by atoms with Crippen LogP contribution in [0, 0.1) is 5.41 Å². The summed E-state index contributed by atoms with van der Waals surface area (Å²) in [6.45, 7) is 7.52. The topological polar surface area (TPSA) is 38.5 Å². The minimum absolute atomic E-state index is 0.597. The van der Waals surface area contributed by atoms with Crippen molar-refractivity contribution in [2.75, 3.05) is 32.8 Å². The zero-order valence-corrected chi connectivity index (χ0v) is 9.87. The Bertz CT molecular complexity index is 194. The monoisotopic (exact) mass is 212 g/mol. The fraction of sp³-hybridized carbons (Fsp3) is 1.00. The van der Waals surface area contributed by atoms with E-state index in [0.29, 0.717) is 11.5 Å². The summed E-state index contributed by atoms with van der Waals surface area (Å²) in [5.74, 6) is 0. The van der Waals surface area contributed by atoms with Gasteiger partial charge in [-0.1, -0.05) is 13.3 Å². The van der Waals surface area contributed by atoms with Gasteiger partial charge in [0.25, 0.3) is 0 Å². The molecule has 2 aliphatic rings. The number of likely N-dealkylation sites (tertiary alicyclic amines) is 1. The van der Waals surface area contributed by atoms with Gasteiger partial charge in [-0.3, -0.25) is 4.90 Å². The number of nitrogens with zero attached hydrogens (tertiary/aromatic N) is 1. The van der Waals surface area contributed by atoms with E-state index in [4.69, 9.17) is 10.5 Å². The average Bonchev–Trinajstić information content (AvgIpc) is 2.24. The molecule has 2 rings (SSSR count). The van der Waals surface area contributed by atoms with E-state index in [2.05, 4.69) is 11.8 Å². The third kappa shape index (κ3) is 2.35. The molecule has 0 aromatic carbocycles. The van der Waals surface area contributed by atoms with Crippen molar-refractivity contribution in [3.8, 4) is 0 Å². The summed E-state index contributed by atoms with van der Waals surface area (Å²) in [6, 6.07) is 0.628. The molecule has 1 spiro atoms. The van der Waals surface area contributed by atoms with Crippen molar-refractivity contribution >= 4 is 0 Å². The second kappa shape index (κ2) is 4.81. The van der Waals surface area contributed by atoms with Crippen molar-refractivity contribution in [2.24, 2.45) is 11.1 Å². The third-order valence-corrected chi connectivity index (χ3v) is 4.04. The molecule has 1 atom stereocenters. The first-order valence-electron chi connectivity index (χ1n) is 6.31. The molecule has 0 aromatic heterocycles. The SMILES string of the molecule is CCCC(CN)N1CC2(CCOCC2)C1. The molecule has 2 saturated heterocycles. The normalized spacial score (nSPS) is 27.6. The van der Waals surface area contributed by atoms with Crippen molar-refractivity contribution in [3.63, 3.8) is 0 Å². The van der Waals surface area contributed by atoms with Crippen molar-refractivity contribution in [1.29, 1.82) is 0 Å². The average molecular weight is 212 g/mol. The predicted octanol–water partition coefficient (Wildman–Crippen LogP) is 1.23. The Morgan fingerprint density at radius 2 is 2.00 bits per heavy atom. The summed E-state index contributed by atoms with van der Waals surface area (Å²) in [5, 5.41) is 0. The molecule has 88 valence electrons. The van der Waals surface area contributed by atoms with Gasteiger partial charge < -0.3 is 10.5 Å². The van der Waals surface area contributed by atoms with E-state index in [0.717, 1.165) is 19.8 Å². The van der Waals surface area contributed by atoms with Crippen LogP contribution < -0.4 is 5.73 Å². The van der Waals surface area contributed by atoms with Gasteiger partial charge in [0.05, 0.1) is 0 Å². The van der Waals surface area contributed by atoms with E-state index >= 15 is 0 Å². The molecule has 0 aromatic rings. The predicted molar refractivity (Wildman–Crippen MR) is 61.8 cm³/mol. The van der Waals surface area contributed by atoms with Gasteiger partial charge in [-0.25, -0.2) is 0 Å². The molecule has 0 bridgehead atoms. The smallest absolute Gasteiger partial charge is 0.0472 e. The number of rotatable bonds is 4. The van der Waals surface area contributed by atoms with Crippen LogP contribution in [0.1, 0.15) is 32.6 Å². The second-order valence-corrected chi connectivity index (χ2v) is 5.20. The number of hydrogen-bond acceptors (Lipinski definition) is 3. The summed E-state index contributed by atoms with van der Waals surface area (Å²) >= 11 is 0. The Morgan fingerprint density at radius 3 is 2.53 bits per heavy atom. The van der Waals surface area contributed by atoms with Gasteiger partial charge in [0.2, 0.25) is 0 Å². The lowest BCUT2D eigenvalue weighted by Gasteiger charge is -2.55. The molecule has 0 aliphatic carbocycles.